The lowest BCUT2D eigenvalue weighted by atomic mass is 9.88. The zero-order valence-electron chi connectivity index (χ0n) is 16.6. The van der Waals surface area contributed by atoms with Crippen LogP contribution in [0.25, 0.3) is 0 Å². The highest BCUT2D eigenvalue weighted by molar-refractivity contribution is 6.18. The molecule has 1 N–H and O–H groups in total. The molecule has 3 amide bonds. The fraction of sp³-hybridized carbons (Fsp3) is 0.348. The largest absolute Gasteiger partial charge is 0.355 e. The number of nitrogens with one attached hydrogen (secondary N) is 1. The van der Waals surface area contributed by atoms with Crippen molar-refractivity contribution in [2.75, 3.05) is 6.54 Å². The lowest BCUT2D eigenvalue weighted by Gasteiger charge is -2.30. The summed E-state index contributed by atoms with van der Waals surface area (Å²) in [6.45, 7) is 2.69. The lowest BCUT2D eigenvalue weighted by Crippen LogP contribution is -2.49. The van der Waals surface area contributed by atoms with Crippen LogP contribution in [-0.4, -0.2) is 29.3 Å². The summed E-state index contributed by atoms with van der Waals surface area (Å²) < 4.78 is 0. The second kappa shape index (κ2) is 9.98. The molecular formula is C23H26N2O4. The predicted molar refractivity (Wildman–Crippen MR) is 109 cm³/mol. The molecule has 0 aliphatic carbocycles. The maximum Gasteiger partial charge on any atom is 0.285 e. The lowest BCUT2D eigenvalue weighted by molar-refractivity contribution is -0.177. The third kappa shape index (κ3) is 4.90. The fourth-order valence-electron chi connectivity index (χ4n) is 3.36. The van der Waals surface area contributed by atoms with Crippen LogP contribution >= 0.6 is 0 Å². The fourth-order valence-corrected chi connectivity index (χ4v) is 3.36. The molecule has 1 heterocycles. The SMILES string of the molecule is CCCCCCNC(=O)C1C(=O)N(OCc2ccccc2)C(=O)c2ccccc21. The van der Waals surface area contributed by atoms with Crippen LogP contribution in [0.15, 0.2) is 54.6 Å². The Bertz CT molecular complexity index is 866. The van der Waals surface area contributed by atoms with E-state index in [0.29, 0.717) is 17.7 Å². The number of amides is 3. The van der Waals surface area contributed by atoms with E-state index >= 15 is 0 Å². The van der Waals surface area contributed by atoms with Gasteiger partial charge < -0.3 is 5.32 Å². The molecule has 1 unspecified atom stereocenters. The molecule has 0 fully saturated rings. The highest BCUT2D eigenvalue weighted by Gasteiger charge is 2.43. The van der Waals surface area contributed by atoms with Crippen LogP contribution in [0.2, 0.25) is 0 Å². The van der Waals surface area contributed by atoms with Crippen molar-refractivity contribution in [2.45, 2.75) is 45.1 Å². The molecule has 2 aromatic rings. The van der Waals surface area contributed by atoms with Crippen LogP contribution in [0.3, 0.4) is 0 Å². The summed E-state index contributed by atoms with van der Waals surface area (Å²) in [7, 11) is 0. The summed E-state index contributed by atoms with van der Waals surface area (Å²) in [5.74, 6) is -2.70. The Morgan fingerprint density at radius 3 is 2.48 bits per heavy atom. The number of rotatable bonds is 9. The Labute approximate surface area is 170 Å². The molecule has 6 nitrogen and oxygen atoms in total. The Morgan fingerprint density at radius 1 is 1.00 bits per heavy atom. The molecule has 0 saturated carbocycles. The zero-order valence-corrected chi connectivity index (χ0v) is 16.6. The molecule has 0 aromatic heterocycles. The molecule has 3 rings (SSSR count). The number of imide groups is 1. The first-order valence-corrected chi connectivity index (χ1v) is 10.0. The number of hydroxylamine groups is 2. The van der Waals surface area contributed by atoms with Crippen LogP contribution in [-0.2, 0) is 21.0 Å². The van der Waals surface area contributed by atoms with Crippen LogP contribution in [0, 0.1) is 0 Å². The minimum absolute atomic E-state index is 0.0614. The van der Waals surface area contributed by atoms with Gasteiger partial charge in [0.2, 0.25) is 5.91 Å². The normalized spacial score (nSPS) is 15.9. The molecule has 0 spiro atoms. The number of carbonyl (C=O) groups excluding carboxylic acids is 3. The number of carbonyl (C=O) groups is 3. The third-order valence-electron chi connectivity index (χ3n) is 4.93. The standard InChI is InChI=1S/C23H26N2O4/c1-2-3-4-10-15-24-21(26)20-18-13-8-9-14-19(18)22(27)25(23(20)28)29-16-17-11-6-5-7-12-17/h5-9,11-14,20H,2-4,10,15-16H2,1H3,(H,24,26). The van der Waals surface area contributed by atoms with Gasteiger partial charge in [0.1, 0.15) is 12.5 Å². The van der Waals surface area contributed by atoms with Gasteiger partial charge in [-0.2, -0.15) is 0 Å². The van der Waals surface area contributed by atoms with E-state index in [0.717, 1.165) is 36.3 Å². The molecule has 2 aromatic carbocycles. The molecule has 1 atom stereocenters. The quantitative estimate of drug-likeness (QED) is 0.401. The van der Waals surface area contributed by atoms with Gasteiger partial charge in [0.05, 0.1) is 0 Å². The van der Waals surface area contributed by atoms with E-state index in [2.05, 4.69) is 12.2 Å². The molecular weight excluding hydrogens is 368 g/mol. The van der Waals surface area contributed by atoms with E-state index in [1.54, 1.807) is 24.3 Å². The smallest absolute Gasteiger partial charge is 0.285 e. The number of hydrogen-bond donors (Lipinski definition) is 1. The van der Waals surface area contributed by atoms with Crippen molar-refractivity contribution in [3.8, 4) is 0 Å². The van der Waals surface area contributed by atoms with Crippen molar-refractivity contribution < 1.29 is 19.2 Å². The van der Waals surface area contributed by atoms with Crippen molar-refractivity contribution >= 4 is 17.7 Å². The van der Waals surface area contributed by atoms with E-state index in [1.165, 1.54) is 0 Å². The topological polar surface area (TPSA) is 75.7 Å². The molecule has 29 heavy (non-hydrogen) atoms. The van der Waals surface area contributed by atoms with Gasteiger partial charge in [0.25, 0.3) is 11.8 Å². The molecule has 0 saturated heterocycles. The monoisotopic (exact) mass is 394 g/mol. The van der Waals surface area contributed by atoms with E-state index in [-0.39, 0.29) is 6.61 Å². The second-order valence-electron chi connectivity index (χ2n) is 7.07. The first-order chi connectivity index (χ1) is 14.1. The van der Waals surface area contributed by atoms with Crippen molar-refractivity contribution in [3.63, 3.8) is 0 Å². The summed E-state index contributed by atoms with van der Waals surface area (Å²) in [4.78, 5) is 44.2. The molecule has 1 aliphatic heterocycles. The minimum atomic E-state index is -1.09. The van der Waals surface area contributed by atoms with E-state index in [9.17, 15) is 14.4 Å². The highest BCUT2D eigenvalue weighted by Crippen LogP contribution is 2.30. The Hall–Kier alpha value is -2.99. The number of nitrogens with zero attached hydrogens (tertiary/aromatic N) is 1. The van der Waals surface area contributed by atoms with Gasteiger partial charge in [-0.25, -0.2) is 0 Å². The first kappa shape index (κ1) is 20.7. The van der Waals surface area contributed by atoms with Gasteiger partial charge in [0, 0.05) is 12.1 Å². The minimum Gasteiger partial charge on any atom is -0.355 e. The molecule has 0 bridgehead atoms. The van der Waals surface area contributed by atoms with Crippen LogP contribution in [0.5, 0.6) is 0 Å². The summed E-state index contributed by atoms with van der Waals surface area (Å²) in [5.41, 5.74) is 1.56. The van der Waals surface area contributed by atoms with Crippen molar-refractivity contribution in [3.05, 3.63) is 71.3 Å². The van der Waals surface area contributed by atoms with Crippen LogP contribution < -0.4 is 5.32 Å². The van der Waals surface area contributed by atoms with Gasteiger partial charge in [-0.1, -0.05) is 74.7 Å². The molecule has 1 aliphatic rings. The van der Waals surface area contributed by atoms with Crippen LogP contribution in [0.1, 0.15) is 60.0 Å². The number of unbranched alkanes of at least 4 members (excludes halogenated alkanes) is 3. The van der Waals surface area contributed by atoms with Crippen molar-refractivity contribution in [2.24, 2.45) is 0 Å². The van der Waals surface area contributed by atoms with Crippen LogP contribution in [0.4, 0.5) is 0 Å². The predicted octanol–water partition coefficient (Wildman–Crippen LogP) is 3.58. The third-order valence-corrected chi connectivity index (χ3v) is 4.93. The second-order valence-corrected chi connectivity index (χ2v) is 7.07. The maximum atomic E-state index is 13.0. The van der Waals surface area contributed by atoms with E-state index < -0.39 is 23.6 Å². The summed E-state index contributed by atoms with van der Waals surface area (Å²) in [5, 5.41) is 3.57. The maximum absolute atomic E-state index is 13.0. The number of fused-ring (bicyclic) bond motifs is 1. The highest BCUT2D eigenvalue weighted by atomic mass is 16.7. The molecule has 152 valence electrons. The Balaban J connectivity index is 1.76. The number of benzene rings is 2. The van der Waals surface area contributed by atoms with Gasteiger partial charge in [-0.15, -0.1) is 5.06 Å². The van der Waals surface area contributed by atoms with Gasteiger partial charge in [-0.05, 0) is 23.6 Å². The van der Waals surface area contributed by atoms with E-state index in [1.807, 2.05) is 30.3 Å². The van der Waals surface area contributed by atoms with Crippen molar-refractivity contribution in [1.82, 2.24) is 10.4 Å². The summed E-state index contributed by atoms with van der Waals surface area (Å²) in [6, 6.07) is 16.0. The van der Waals surface area contributed by atoms with Crippen molar-refractivity contribution in [1.29, 1.82) is 0 Å². The van der Waals surface area contributed by atoms with Gasteiger partial charge in [-0.3, -0.25) is 19.2 Å². The molecule has 0 radical (unpaired) electrons. The Kier molecular flexibility index (Phi) is 7.14. The van der Waals surface area contributed by atoms with E-state index in [4.69, 9.17) is 4.84 Å². The summed E-state index contributed by atoms with van der Waals surface area (Å²) in [6.07, 6.45) is 4.10. The zero-order chi connectivity index (χ0) is 20.6. The summed E-state index contributed by atoms with van der Waals surface area (Å²) >= 11 is 0. The number of hydrogen-bond acceptors (Lipinski definition) is 4. The van der Waals surface area contributed by atoms with Gasteiger partial charge in [0.15, 0.2) is 0 Å². The average Bonchev–Trinajstić information content (AvgIpc) is 2.74. The Morgan fingerprint density at radius 2 is 1.72 bits per heavy atom. The van der Waals surface area contributed by atoms with Gasteiger partial charge >= 0.3 is 0 Å². The molecule has 6 heteroatoms. The average molecular weight is 394 g/mol. The first-order valence-electron chi connectivity index (χ1n) is 10.0.